The van der Waals surface area contributed by atoms with Gasteiger partial charge < -0.3 is 11.1 Å². The summed E-state index contributed by atoms with van der Waals surface area (Å²) in [7, 11) is 0. The molecule has 1 saturated heterocycles. The van der Waals surface area contributed by atoms with Crippen LogP contribution in [0.25, 0.3) is 0 Å². The molecule has 1 aliphatic heterocycles. The van der Waals surface area contributed by atoms with Crippen LogP contribution in [0.3, 0.4) is 0 Å². The zero-order chi connectivity index (χ0) is 12.3. The molecule has 0 spiro atoms. The molecule has 1 unspecified atom stereocenters. The average molecular weight is 233 g/mol. The topological polar surface area (TPSA) is 84.2 Å². The van der Waals surface area contributed by atoms with Gasteiger partial charge in [-0.1, -0.05) is 18.2 Å². The maximum atomic E-state index is 11.5. The second kappa shape index (κ2) is 4.97. The number of imide groups is 1. The van der Waals surface area contributed by atoms with Crippen molar-refractivity contribution in [2.45, 2.75) is 25.4 Å². The number of benzene rings is 1. The van der Waals surface area contributed by atoms with Gasteiger partial charge >= 0.3 is 0 Å². The van der Waals surface area contributed by atoms with Crippen molar-refractivity contribution in [1.29, 1.82) is 0 Å². The molecule has 1 aromatic carbocycles. The van der Waals surface area contributed by atoms with Crippen LogP contribution in [0.1, 0.15) is 18.4 Å². The van der Waals surface area contributed by atoms with Crippen LogP contribution in [-0.2, 0) is 16.1 Å². The Labute approximate surface area is 99.4 Å². The fraction of sp³-hybridized carbons (Fsp3) is 0.333. The van der Waals surface area contributed by atoms with E-state index in [1.54, 1.807) is 0 Å². The zero-order valence-electron chi connectivity index (χ0n) is 9.40. The van der Waals surface area contributed by atoms with Crippen LogP contribution in [0.2, 0.25) is 0 Å². The summed E-state index contributed by atoms with van der Waals surface area (Å²) in [5.41, 5.74) is 7.46. The van der Waals surface area contributed by atoms with Crippen molar-refractivity contribution in [3.8, 4) is 0 Å². The molecular formula is C12H15N3O2. The Bertz CT molecular complexity index is 445. The summed E-state index contributed by atoms with van der Waals surface area (Å²) >= 11 is 0. The number of rotatable bonds is 3. The Balaban J connectivity index is 1.92. The van der Waals surface area contributed by atoms with Gasteiger partial charge in [-0.15, -0.1) is 0 Å². The van der Waals surface area contributed by atoms with E-state index in [9.17, 15) is 9.59 Å². The number of piperidine rings is 1. The van der Waals surface area contributed by atoms with E-state index < -0.39 is 0 Å². The normalized spacial score (nSPS) is 20.1. The molecule has 2 amide bonds. The van der Waals surface area contributed by atoms with Gasteiger partial charge in [0.25, 0.3) is 0 Å². The van der Waals surface area contributed by atoms with Crippen LogP contribution in [-0.4, -0.2) is 17.9 Å². The lowest BCUT2D eigenvalue weighted by Gasteiger charge is -2.22. The molecule has 2 rings (SSSR count). The summed E-state index contributed by atoms with van der Waals surface area (Å²) in [5.74, 6) is -0.456. The summed E-state index contributed by atoms with van der Waals surface area (Å²) in [5, 5.41) is 5.41. The summed E-state index contributed by atoms with van der Waals surface area (Å²) in [6.07, 6.45) is 0.922. The molecular weight excluding hydrogens is 218 g/mol. The quantitative estimate of drug-likeness (QED) is 0.513. The third kappa shape index (κ3) is 2.82. The van der Waals surface area contributed by atoms with E-state index in [1.165, 1.54) is 0 Å². The molecule has 1 heterocycles. The fourth-order valence-electron chi connectivity index (χ4n) is 1.82. The number of amides is 2. The standard InChI is InChI=1S/C12H15N3O2/c13-9-4-2-1-3-8(9)7-14-10-5-6-11(16)15-12(10)17/h1-4,10,14H,5-7,13H2,(H,15,16,17). The van der Waals surface area contributed by atoms with E-state index in [4.69, 9.17) is 5.73 Å². The van der Waals surface area contributed by atoms with Gasteiger partial charge in [0, 0.05) is 18.7 Å². The largest absolute Gasteiger partial charge is 0.398 e. The monoisotopic (exact) mass is 233 g/mol. The maximum absolute atomic E-state index is 11.5. The Kier molecular flexibility index (Phi) is 3.39. The zero-order valence-corrected chi connectivity index (χ0v) is 9.40. The van der Waals surface area contributed by atoms with Crippen LogP contribution in [0.15, 0.2) is 24.3 Å². The summed E-state index contributed by atoms with van der Waals surface area (Å²) < 4.78 is 0. The smallest absolute Gasteiger partial charge is 0.243 e. The minimum Gasteiger partial charge on any atom is -0.398 e. The number of carbonyl (C=O) groups is 2. The first kappa shape index (κ1) is 11.6. The molecule has 1 atom stereocenters. The lowest BCUT2D eigenvalue weighted by atomic mass is 10.1. The lowest BCUT2D eigenvalue weighted by Crippen LogP contribution is -2.50. The third-order valence-corrected chi connectivity index (χ3v) is 2.83. The SMILES string of the molecule is Nc1ccccc1CNC1CCC(=O)NC1=O. The molecule has 4 N–H and O–H groups in total. The van der Waals surface area contributed by atoms with Gasteiger partial charge in [-0.05, 0) is 18.1 Å². The number of hydrogen-bond donors (Lipinski definition) is 3. The molecule has 0 aliphatic carbocycles. The second-order valence-electron chi connectivity index (χ2n) is 4.08. The summed E-state index contributed by atoms with van der Waals surface area (Å²) in [6.45, 7) is 0.527. The van der Waals surface area contributed by atoms with E-state index in [1.807, 2.05) is 24.3 Å². The third-order valence-electron chi connectivity index (χ3n) is 2.83. The Morgan fingerprint density at radius 2 is 2.12 bits per heavy atom. The molecule has 1 aliphatic rings. The van der Waals surface area contributed by atoms with Crippen molar-refractivity contribution in [3.05, 3.63) is 29.8 Å². The Hall–Kier alpha value is -1.88. The highest BCUT2D eigenvalue weighted by Gasteiger charge is 2.25. The van der Waals surface area contributed by atoms with Crippen molar-refractivity contribution >= 4 is 17.5 Å². The van der Waals surface area contributed by atoms with E-state index in [0.717, 1.165) is 5.56 Å². The van der Waals surface area contributed by atoms with Gasteiger partial charge in [-0.3, -0.25) is 14.9 Å². The van der Waals surface area contributed by atoms with Crippen molar-refractivity contribution in [2.24, 2.45) is 0 Å². The minimum atomic E-state index is -0.313. The van der Waals surface area contributed by atoms with Gasteiger partial charge in [0.05, 0.1) is 6.04 Å². The predicted molar refractivity (Wildman–Crippen MR) is 63.9 cm³/mol. The number of nitrogens with two attached hydrogens (primary N) is 1. The second-order valence-corrected chi connectivity index (χ2v) is 4.08. The van der Waals surface area contributed by atoms with E-state index in [0.29, 0.717) is 25.1 Å². The molecule has 5 heteroatoms. The van der Waals surface area contributed by atoms with E-state index in [2.05, 4.69) is 10.6 Å². The lowest BCUT2D eigenvalue weighted by molar-refractivity contribution is -0.134. The van der Waals surface area contributed by atoms with Crippen molar-refractivity contribution in [2.75, 3.05) is 5.73 Å². The molecule has 0 bridgehead atoms. The van der Waals surface area contributed by atoms with Crippen molar-refractivity contribution in [3.63, 3.8) is 0 Å². The van der Waals surface area contributed by atoms with Gasteiger partial charge in [0.15, 0.2) is 0 Å². The summed E-state index contributed by atoms with van der Waals surface area (Å²) in [4.78, 5) is 22.5. The van der Waals surface area contributed by atoms with Crippen LogP contribution in [0, 0.1) is 0 Å². The number of para-hydroxylation sites is 1. The first-order chi connectivity index (χ1) is 8.16. The van der Waals surface area contributed by atoms with Crippen LogP contribution >= 0.6 is 0 Å². The molecule has 0 saturated carbocycles. The van der Waals surface area contributed by atoms with Crippen LogP contribution in [0.5, 0.6) is 0 Å². The van der Waals surface area contributed by atoms with Crippen LogP contribution < -0.4 is 16.4 Å². The van der Waals surface area contributed by atoms with Gasteiger partial charge in [-0.2, -0.15) is 0 Å². The van der Waals surface area contributed by atoms with Gasteiger partial charge in [-0.25, -0.2) is 0 Å². The number of nitrogen functional groups attached to an aromatic ring is 1. The highest BCUT2D eigenvalue weighted by molar-refractivity contribution is 6.00. The maximum Gasteiger partial charge on any atom is 0.243 e. The van der Waals surface area contributed by atoms with Crippen LogP contribution in [0.4, 0.5) is 5.69 Å². The van der Waals surface area contributed by atoms with E-state index >= 15 is 0 Å². The molecule has 0 aromatic heterocycles. The predicted octanol–water partition coefficient (Wildman–Crippen LogP) is 0.164. The molecule has 1 fully saturated rings. The highest BCUT2D eigenvalue weighted by atomic mass is 16.2. The number of carbonyl (C=O) groups excluding carboxylic acids is 2. The van der Waals surface area contributed by atoms with Gasteiger partial charge in [0.1, 0.15) is 0 Å². The Morgan fingerprint density at radius 1 is 1.35 bits per heavy atom. The van der Waals surface area contributed by atoms with E-state index in [-0.39, 0.29) is 17.9 Å². The fourth-order valence-corrected chi connectivity index (χ4v) is 1.82. The summed E-state index contributed by atoms with van der Waals surface area (Å²) in [6, 6.07) is 7.19. The van der Waals surface area contributed by atoms with Gasteiger partial charge in [0.2, 0.25) is 11.8 Å². The average Bonchev–Trinajstić information content (AvgIpc) is 2.30. The highest BCUT2D eigenvalue weighted by Crippen LogP contribution is 2.11. The minimum absolute atomic E-state index is 0.202. The molecule has 17 heavy (non-hydrogen) atoms. The number of anilines is 1. The first-order valence-electron chi connectivity index (χ1n) is 5.57. The van der Waals surface area contributed by atoms with Crippen molar-refractivity contribution < 1.29 is 9.59 Å². The molecule has 1 aromatic rings. The molecule has 0 radical (unpaired) electrons. The molecule has 5 nitrogen and oxygen atoms in total. The Morgan fingerprint density at radius 3 is 2.82 bits per heavy atom. The van der Waals surface area contributed by atoms with Crippen molar-refractivity contribution in [1.82, 2.24) is 10.6 Å². The first-order valence-corrected chi connectivity index (χ1v) is 5.57. The number of nitrogens with one attached hydrogen (secondary N) is 2. The molecule has 90 valence electrons. The number of hydrogen-bond acceptors (Lipinski definition) is 4.